The van der Waals surface area contributed by atoms with Crippen molar-refractivity contribution in [2.24, 2.45) is 0 Å². The molecule has 0 spiro atoms. The number of carbonyl (C=O) groups excluding carboxylic acids is 1. The van der Waals surface area contributed by atoms with Gasteiger partial charge in [-0.2, -0.15) is 0 Å². The Labute approximate surface area is 132 Å². The standard InChI is InChI=1S/C17H26N2O3/c1-17(2,3)22-16(20)19(15-7-5-4-6-8-15)10-9-18-11-13-21-14-12-18/h4-8H,9-14H2,1-3H3. The van der Waals surface area contributed by atoms with E-state index in [1.807, 2.05) is 51.1 Å². The molecule has 1 aliphatic rings. The fourth-order valence-corrected chi connectivity index (χ4v) is 2.32. The zero-order chi connectivity index (χ0) is 16.0. The number of hydrogen-bond donors (Lipinski definition) is 0. The molecule has 2 rings (SSSR count). The molecular weight excluding hydrogens is 280 g/mol. The van der Waals surface area contributed by atoms with Crippen molar-refractivity contribution in [1.29, 1.82) is 0 Å². The maximum atomic E-state index is 12.5. The molecule has 0 radical (unpaired) electrons. The molecule has 1 aromatic rings. The van der Waals surface area contributed by atoms with Crippen LogP contribution in [0.3, 0.4) is 0 Å². The van der Waals surface area contributed by atoms with Gasteiger partial charge in [-0.15, -0.1) is 0 Å². The highest BCUT2D eigenvalue weighted by molar-refractivity contribution is 5.87. The average molecular weight is 306 g/mol. The molecule has 1 fully saturated rings. The van der Waals surface area contributed by atoms with Crippen molar-refractivity contribution >= 4 is 11.8 Å². The lowest BCUT2D eigenvalue weighted by atomic mass is 10.2. The largest absolute Gasteiger partial charge is 0.443 e. The summed E-state index contributed by atoms with van der Waals surface area (Å²) < 4.78 is 10.9. The van der Waals surface area contributed by atoms with E-state index in [4.69, 9.17) is 9.47 Å². The molecule has 0 atom stereocenters. The molecule has 0 aliphatic carbocycles. The molecule has 0 N–H and O–H groups in total. The number of nitrogens with zero attached hydrogens (tertiary/aromatic N) is 2. The van der Waals surface area contributed by atoms with Crippen molar-refractivity contribution in [3.8, 4) is 0 Å². The monoisotopic (exact) mass is 306 g/mol. The first kappa shape index (κ1) is 16.8. The third kappa shape index (κ3) is 5.31. The second-order valence-electron chi connectivity index (χ2n) is 6.42. The summed E-state index contributed by atoms with van der Waals surface area (Å²) in [6, 6.07) is 9.67. The van der Waals surface area contributed by atoms with Crippen molar-refractivity contribution in [3.63, 3.8) is 0 Å². The first-order chi connectivity index (χ1) is 10.5. The molecule has 0 saturated carbocycles. The SMILES string of the molecule is CC(C)(C)OC(=O)N(CCN1CCOCC1)c1ccccc1. The Bertz CT molecular complexity index is 465. The highest BCUT2D eigenvalue weighted by Crippen LogP contribution is 2.18. The van der Waals surface area contributed by atoms with Gasteiger partial charge in [0.05, 0.1) is 13.2 Å². The Kier molecular flexibility index (Phi) is 5.80. The number of morpholine rings is 1. The van der Waals surface area contributed by atoms with E-state index in [9.17, 15) is 4.79 Å². The summed E-state index contributed by atoms with van der Waals surface area (Å²) in [7, 11) is 0. The minimum absolute atomic E-state index is 0.299. The van der Waals surface area contributed by atoms with Gasteiger partial charge in [-0.3, -0.25) is 9.80 Å². The zero-order valence-corrected chi connectivity index (χ0v) is 13.7. The van der Waals surface area contributed by atoms with Gasteiger partial charge in [-0.25, -0.2) is 4.79 Å². The molecule has 0 unspecified atom stereocenters. The lowest BCUT2D eigenvalue weighted by molar-refractivity contribution is 0.0375. The summed E-state index contributed by atoms with van der Waals surface area (Å²) in [5.74, 6) is 0. The number of para-hydroxylation sites is 1. The molecule has 1 heterocycles. The minimum Gasteiger partial charge on any atom is -0.443 e. The third-order valence-electron chi connectivity index (χ3n) is 3.43. The van der Waals surface area contributed by atoms with E-state index in [0.717, 1.165) is 38.5 Å². The van der Waals surface area contributed by atoms with Gasteiger partial charge in [0.25, 0.3) is 0 Å². The maximum Gasteiger partial charge on any atom is 0.414 e. The first-order valence-electron chi connectivity index (χ1n) is 7.81. The molecule has 1 aliphatic heterocycles. The number of carbonyl (C=O) groups is 1. The zero-order valence-electron chi connectivity index (χ0n) is 13.7. The van der Waals surface area contributed by atoms with Crippen LogP contribution in [0.15, 0.2) is 30.3 Å². The Morgan fingerprint density at radius 3 is 2.45 bits per heavy atom. The number of amides is 1. The molecule has 1 aromatic carbocycles. The van der Waals surface area contributed by atoms with E-state index in [-0.39, 0.29) is 6.09 Å². The summed E-state index contributed by atoms with van der Waals surface area (Å²) in [5, 5.41) is 0. The van der Waals surface area contributed by atoms with Crippen LogP contribution >= 0.6 is 0 Å². The molecule has 122 valence electrons. The average Bonchev–Trinajstić information content (AvgIpc) is 2.48. The number of anilines is 1. The van der Waals surface area contributed by atoms with E-state index in [1.54, 1.807) is 4.90 Å². The molecule has 5 nitrogen and oxygen atoms in total. The van der Waals surface area contributed by atoms with Crippen molar-refractivity contribution in [2.45, 2.75) is 26.4 Å². The van der Waals surface area contributed by atoms with Crippen LogP contribution in [0.2, 0.25) is 0 Å². The highest BCUT2D eigenvalue weighted by atomic mass is 16.6. The van der Waals surface area contributed by atoms with E-state index >= 15 is 0 Å². The summed E-state index contributed by atoms with van der Waals surface area (Å²) in [5.41, 5.74) is 0.369. The second kappa shape index (κ2) is 7.61. The van der Waals surface area contributed by atoms with Crippen molar-refractivity contribution in [3.05, 3.63) is 30.3 Å². The molecule has 0 bridgehead atoms. The van der Waals surface area contributed by atoms with Gasteiger partial charge in [0, 0.05) is 31.9 Å². The van der Waals surface area contributed by atoms with Gasteiger partial charge >= 0.3 is 6.09 Å². The van der Waals surface area contributed by atoms with Crippen LogP contribution in [-0.4, -0.2) is 56.0 Å². The summed E-state index contributed by atoms with van der Waals surface area (Å²) in [6.45, 7) is 10.4. The van der Waals surface area contributed by atoms with Gasteiger partial charge < -0.3 is 9.47 Å². The smallest absolute Gasteiger partial charge is 0.414 e. The Morgan fingerprint density at radius 1 is 1.23 bits per heavy atom. The first-order valence-corrected chi connectivity index (χ1v) is 7.81. The second-order valence-corrected chi connectivity index (χ2v) is 6.42. The van der Waals surface area contributed by atoms with Crippen LogP contribution in [-0.2, 0) is 9.47 Å². The van der Waals surface area contributed by atoms with Crippen molar-refractivity contribution in [2.75, 3.05) is 44.3 Å². The van der Waals surface area contributed by atoms with Gasteiger partial charge in [-0.1, -0.05) is 18.2 Å². The quantitative estimate of drug-likeness (QED) is 0.858. The summed E-state index contributed by atoms with van der Waals surface area (Å²) in [6.07, 6.45) is -0.299. The molecule has 22 heavy (non-hydrogen) atoms. The topological polar surface area (TPSA) is 42.0 Å². The van der Waals surface area contributed by atoms with Crippen LogP contribution in [0.25, 0.3) is 0 Å². The van der Waals surface area contributed by atoms with Gasteiger partial charge in [0.1, 0.15) is 5.60 Å². The molecule has 1 saturated heterocycles. The van der Waals surface area contributed by atoms with Crippen LogP contribution in [0.5, 0.6) is 0 Å². The van der Waals surface area contributed by atoms with E-state index in [0.29, 0.717) is 6.54 Å². The van der Waals surface area contributed by atoms with E-state index in [2.05, 4.69) is 4.90 Å². The predicted molar refractivity (Wildman–Crippen MR) is 87.3 cm³/mol. The normalized spacial score (nSPS) is 16.3. The van der Waals surface area contributed by atoms with Gasteiger partial charge in [0.2, 0.25) is 0 Å². The lowest BCUT2D eigenvalue weighted by Gasteiger charge is -2.31. The molecule has 0 aromatic heterocycles. The summed E-state index contributed by atoms with van der Waals surface area (Å²) >= 11 is 0. The van der Waals surface area contributed by atoms with E-state index < -0.39 is 5.60 Å². The van der Waals surface area contributed by atoms with Gasteiger partial charge in [-0.05, 0) is 32.9 Å². The Balaban J connectivity index is 2.03. The number of ether oxygens (including phenoxy) is 2. The van der Waals surface area contributed by atoms with E-state index in [1.165, 1.54) is 0 Å². The van der Waals surface area contributed by atoms with Crippen molar-refractivity contribution in [1.82, 2.24) is 4.90 Å². The number of benzene rings is 1. The molecular formula is C17H26N2O3. The van der Waals surface area contributed by atoms with Crippen LogP contribution in [0, 0.1) is 0 Å². The number of rotatable bonds is 4. The van der Waals surface area contributed by atoms with Crippen molar-refractivity contribution < 1.29 is 14.3 Å². The molecule has 1 amide bonds. The Hall–Kier alpha value is -1.59. The minimum atomic E-state index is -0.497. The fraction of sp³-hybridized carbons (Fsp3) is 0.588. The highest BCUT2D eigenvalue weighted by Gasteiger charge is 2.24. The lowest BCUT2D eigenvalue weighted by Crippen LogP contribution is -2.44. The third-order valence-corrected chi connectivity index (χ3v) is 3.43. The van der Waals surface area contributed by atoms with Crippen LogP contribution < -0.4 is 4.90 Å². The number of hydrogen-bond acceptors (Lipinski definition) is 4. The Morgan fingerprint density at radius 2 is 1.86 bits per heavy atom. The maximum absolute atomic E-state index is 12.5. The molecule has 5 heteroatoms. The van der Waals surface area contributed by atoms with Gasteiger partial charge in [0.15, 0.2) is 0 Å². The predicted octanol–water partition coefficient (Wildman–Crippen LogP) is 2.76. The van der Waals surface area contributed by atoms with Crippen LogP contribution in [0.1, 0.15) is 20.8 Å². The fourth-order valence-electron chi connectivity index (χ4n) is 2.32. The van der Waals surface area contributed by atoms with Crippen LogP contribution in [0.4, 0.5) is 10.5 Å². The summed E-state index contributed by atoms with van der Waals surface area (Å²) in [4.78, 5) is 16.5.